The van der Waals surface area contributed by atoms with Crippen molar-refractivity contribution in [2.75, 3.05) is 26.1 Å². The summed E-state index contributed by atoms with van der Waals surface area (Å²) in [7, 11) is 2.87. The highest BCUT2D eigenvalue weighted by Crippen LogP contribution is 2.21. The first kappa shape index (κ1) is 17.3. The Morgan fingerprint density at radius 1 is 1.04 bits per heavy atom. The van der Waals surface area contributed by atoms with E-state index in [-0.39, 0.29) is 12.5 Å². The Labute approximate surface area is 140 Å². The van der Waals surface area contributed by atoms with E-state index >= 15 is 0 Å². The molecule has 0 saturated carbocycles. The molecular weight excluding hydrogens is 310 g/mol. The zero-order valence-corrected chi connectivity index (χ0v) is 13.8. The van der Waals surface area contributed by atoms with Gasteiger partial charge in [0.1, 0.15) is 11.5 Å². The summed E-state index contributed by atoms with van der Waals surface area (Å²) in [6, 6.07) is 12.0. The van der Waals surface area contributed by atoms with Gasteiger partial charge in [-0.1, -0.05) is 12.1 Å². The van der Waals surface area contributed by atoms with Crippen LogP contribution >= 0.6 is 0 Å². The number of rotatable bonds is 6. The number of nitrogens with one attached hydrogen (secondary N) is 1. The minimum absolute atomic E-state index is 0.158. The highest BCUT2D eigenvalue weighted by atomic mass is 16.5. The van der Waals surface area contributed by atoms with Crippen molar-refractivity contribution in [3.05, 3.63) is 53.6 Å². The van der Waals surface area contributed by atoms with Gasteiger partial charge in [-0.15, -0.1) is 0 Å². The Kier molecular flexibility index (Phi) is 5.78. The molecule has 0 aliphatic heterocycles. The third-order valence-electron chi connectivity index (χ3n) is 3.42. The molecule has 0 aliphatic rings. The maximum atomic E-state index is 12.1. The van der Waals surface area contributed by atoms with Crippen molar-refractivity contribution < 1.29 is 23.8 Å². The van der Waals surface area contributed by atoms with Gasteiger partial charge in [-0.2, -0.15) is 0 Å². The molecular formula is C18H19NO5. The molecule has 0 bridgehead atoms. The highest BCUT2D eigenvalue weighted by molar-refractivity contribution is 5.97. The molecule has 0 atom stereocenters. The molecule has 0 fully saturated rings. The highest BCUT2D eigenvalue weighted by Gasteiger charge is 2.13. The molecule has 0 saturated heterocycles. The van der Waals surface area contributed by atoms with Crippen LogP contribution in [0.5, 0.6) is 11.5 Å². The smallest absolute Gasteiger partial charge is 0.338 e. The van der Waals surface area contributed by atoms with E-state index in [2.05, 4.69) is 5.32 Å². The minimum atomic E-state index is -0.448. The molecule has 0 spiro atoms. The third kappa shape index (κ3) is 4.25. The van der Waals surface area contributed by atoms with E-state index in [1.54, 1.807) is 56.5 Å². The van der Waals surface area contributed by atoms with Crippen molar-refractivity contribution in [3.63, 3.8) is 0 Å². The molecule has 126 valence electrons. The van der Waals surface area contributed by atoms with E-state index in [9.17, 15) is 9.59 Å². The molecule has 2 aromatic carbocycles. The fourth-order valence-corrected chi connectivity index (χ4v) is 2.13. The fraction of sp³-hybridized carbons (Fsp3) is 0.222. The predicted molar refractivity (Wildman–Crippen MR) is 89.6 cm³/mol. The lowest BCUT2D eigenvalue weighted by atomic mass is 10.1. The van der Waals surface area contributed by atoms with Crippen LogP contribution in [0.25, 0.3) is 0 Å². The number of amides is 1. The van der Waals surface area contributed by atoms with Crippen LogP contribution in [-0.2, 0) is 9.53 Å². The fourth-order valence-electron chi connectivity index (χ4n) is 2.13. The number of benzene rings is 2. The van der Waals surface area contributed by atoms with Crippen LogP contribution in [0.4, 0.5) is 5.69 Å². The Morgan fingerprint density at radius 3 is 2.46 bits per heavy atom. The second-order valence-electron chi connectivity index (χ2n) is 4.99. The molecule has 1 N–H and O–H groups in total. The predicted octanol–water partition coefficient (Wildman–Crippen LogP) is 2.81. The Bertz CT molecular complexity index is 742. The quantitative estimate of drug-likeness (QED) is 0.825. The maximum absolute atomic E-state index is 12.1. The summed E-state index contributed by atoms with van der Waals surface area (Å²) >= 11 is 0. The standard InChI is InChI=1S/C18H19NO5/c1-12-15(18(21)23-3)8-5-9-16(12)19-17(20)11-24-14-7-4-6-13(10-14)22-2/h4-10H,11H2,1-3H3,(H,19,20). The number of hydrogen-bond donors (Lipinski definition) is 1. The Balaban J connectivity index is 2.01. The molecule has 0 heterocycles. The third-order valence-corrected chi connectivity index (χ3v) is 3.42. The summed E-state index contributed by atoms with van der Waals surface area (Å²) < 4.78 is 15.2. The van der Waals surface area contributed by atoms with Crippen molar-refractivity contribution in [1.82, 2.24) is 0 Å². The second-order valence-corrected chi connectivity index (χ2v) is 4.99. The SMILES string of the molecule is COC(=O)c1cccc(NC(=O)COc2cccc(OC)c2)c1C. The first-order chi connectivity index (χ1) is 11.5. The molecule has 2 aromatic rings. The zero-order valence-electron chi connectivity index (χ0n) is 13.8. The van der Waals surface area contributed by atoms with Crippen molar-refractivity contribution >= 4 is 17.6 Å². The number of ether oxygens (including phenoxy) is 3. The van der Waals surface area contributed by atoms with Crippen LogP contribution in [0.3, 0.4) is 0 Å². The number of anilines is 1. The van der Waals surface area contributed by atoms with Crippen LogP contribution in [0.2, 0.25) is 0 Å². The lowest BCUT2D eigenvalue weighted by Crippen LogP contribution is -2.21. The van der Waals surface area contributed by atoms with Gasteiger partial charge in [-0.3, -0.25) is 4.79 Å². The van der Waals surface area contributed by atoms with Gasteiger partial charge in [0, 0.05) is 11.8 Å². The molecule has 24 heavy (non-hydrogen) atoms. The molecule has 0 aliphatic carbocycles. The number of hydrogen-bond acceptors (Lipinski definition) is 5. The molecule has 0 radical (unpaired) electrons. The van der Waals surface area contributed by atoms with E-state index < -0.39 is 5.97 Å². The summed E-state index contributed by atoms with van der Waals surface area (Å²) in [5.41, 5.74) is 1.58. The van der Waals surface area contributed by atoms with Crippen LogP contribution < -0.4 is 14.8 Å². The van der Waals surface area contributed by atoms with Gasteiger partial charge in [-0.25, -0.2) is 4.79 Å². The summed E-state index contributed by atoms with van der Waals surface area (Å²) in [6.45, 7) is 1.58. The van der Waals surface area contributed by atoms with Crippen molar-refractivity contribution in [3.8, 4) is 11.5 Å². The largest absolute Gasteiger partial charge is 0.497 e. The molecule has 6 nitrogen and oxygen atoms in total. The van der Waals surface area contributed by atoms with Crippen LogP contribution in [-0.4, -0.2) is 32.7 Å². The van der Waals surface area contributed by atoms with Gasteiger partial charge in [-0.05, 0) is 36.8 Å². The number of esters is 1. The van der Waals surface area contributed by atoms with E-state index in [1.165, 1.54) is 7.11 Å². The van der Waals surface area contributed by atoms with Gasteiger partial charge in [0.2, 0.25) is 0 Å². The van der Waals surface area contributed by atoms with E-state index in [4.69, 9.17) is 14.2 Å². The summed E-state index contributed by atoms with van der Waals surface area (Å²) in [6.07, 6.45) is 0. The number of methoxy groups -OCH3 is 2. The minimum Gasteiger partial charge on any atom is -0.497 e. The van der Waals surface area contributed by atoms with E-state index in [1.807, 2.05) is 0 Å². The maximum Gasteiger partial charge on any atom is 0.338 e. The van der Waals surface area contributed by atoms with Crippen molar-refractivity contribution in [1.29, 1.82) is 0 Å². The van der Waals surface area contributed by atoms with Crippen LogP contribution in [0, 0.1) is 6.92 Å². The molecule has 0 unspecified atom stereocenters. The average Bonchev–Trinajstić information content (AvgIpc) is 2.61. The van der Waals surface area contributed by atoms with Crippen LogP contribution in [0.1, 0.15) is 15.9 Å². The van der Waals surface area contributed by atoms with E-state index in [0.717, 1.165) is 0 Å². The molecule has 0 aromatic heterocycles. The first-order valence-corrected chi connectivity index (χ1v) is 7.29. The Hall–Kier alpha value is -3.02. The number of carbonyl (C=O) groups is 2. The van der Waals surface area contributed by atoms with E-state index in [0.29, 0.717) is 28.3 Å². The monoisotopic (exact) mass is 329 g/mol. The topological polar surface area (TPSA) is 73.9 Å². The van der Waals surface area contributed by atoms with Crippen LogP contribution in [0.15, 0.2) is 42.5 Å². The molecule has 2 rings (SSSR count). The van der Waals surface area contributed by atoms with Crippen molar-refractivity contribution in [2.24, 2.45) is 0 Å². The van der Waals surface area contributed by atoms with Crippen molar-refractivity contribution in [2.45, 2.75) is 6.92 Å². The number of carbonyl (C=O) groups excluding carboxylic acids is 2. The lowest BCUT2D eigenvalue weighted by Gasteiger charge is -2.12. The summed E-state index contributed by atoms with van der Waals surface area (Å²) in [4.78, 5) is 23.7. The second kappa shape index (κ2) is 8.01. The summed E-state index contributed by atoms with van der Waals surface area (Å²) in [5.74, 6) is 0.401. The summed E-state index contributed by atoms with van der Waals surface area (Å²) in [5, 5.41) is 2.73. The average molecular weight is 329 g/mol. The van der Waals surface area contributed by atoms with Gasteiger partial charge >= 0.3 is 5.97 Å². The molecule has 6 heteroatoms. The first-order valence-electron chi connectivity index (χ1n) is 7.29. The normalized spacial score (nSPS) is 9.96. The van der Waals surface area contributed by atoms with Gasteiger partial charge < -0.3 is 19.5 Å². The zero-order chi connectivity index (χ0) is 17.5. The van der Waals surface area contributed by atoms with Gasteiger partial charge in [0.05, 0.1) is 19.8 Å². The van der Waals surface area contributed by atoms with Gasteiger partial charge in [0.15, 0.2) is 6.61 Å². The van der Waals surface area contributed by atoms with Gasteiger partial charge in [0.25, 0.3) is 5.91 Å². The lowest BCUT2D eigenvalue weighted by molar-refractivity contribution is -0.118. The molecule has 1 amide bonds. The Morgan fingerprint density at radius 2 is 1.75 bits per heavy atom.